The lowest BCUT2D eigenvalue weighted by Crippen LogP contribution is -2.22. The molecule has 0 unspecified atom stereocenters. The highest BCUT2D eigenvalue weighted by Crippen LogP contribution is 2.26. The molecular formula is C20H36F2. The molecule has 0 aliphatic rings. The van der Waals surface area contributed by atoms with Crippen LogP contribution in [0.15, 0.2) is 0 Å². The highest BCUT2D eigenvalue weighted by Gasteiger charge is 2.31. The molecule has 0 saturated heterocycles. The molecule has 0 rings (SSSR count). The molecule has 0 radical (unpaired) electrons. The van der Waals surface area contributed by atoms with Gasteiger partial charge in [-0.25, -0.2) is 8.78 Å². The second-order valence-corrected chi connectivity index (χ2v) is 6.49. The van der Waals surface area contributed by atoms with Gasteiger partial charge in [0.15, 0.2) is 0 Å². The third-order valence-corrected chi connectivity index (χ3v) is 3.95. The van der Waals surface area contributed by atoms with Gasteiger partial charge in [0.2, 0.25) is 0 Å². The first-order valence-electron chi connectivity index (χ1n) is 10.1. The Balaban J connectivity index is 3.68. The largest absolute Gasteiger partial charge is 0.261 e. The number of hydrogen-bond acceptors (Lipinski definition) is 0. The van der Waals surface area contributed by atoms with Crippen molar-refractivity contribution in [3.63, 3.8) is 0 Å². The Bertz CT molecular complexity index is 368. The summed E-state index contributed by atoms with van der Waals surface area (Å²) in [4.78, 5) is 0. The smallest absolute Gasteiger partial charge is 0.206 e. The van der Waals surface area contributed by atoms with Crippen LogP contribution in [0, 0.1) is 17.8 Å². The molecule has 0 aromatic heterocycles. The van der Waals surface area contributed by atoms with E-state index in [0.29, 0.717) is 6.42 Å². The van der Waals surface area contributed by atoms with Gasteiger partial charge in [-0.15, -0.1) is 5.92 Å². The number of hydrogen-bond donors (Lipinski definition) is 0. The summed E-state index contributed by atoms with van der Waals surface area (Å²) < 4.78 is 42.3. The van der Waals surface area contributed by atoms with E-state index in [-0.39, 0.29) is 0 Å². The molecule has 0 aromatic rings. The van der Waals surface area contributed by atoms with E-state index in [4.69, 9.17) is 2.74 Å². The van der Waals surface area contributed by atoms with Gasteiger partial charge in [0.25, 0.3) is 5.92 Å². The lowest BCUT2D eigenvalue weighted by atomic mass is 10.0. The van der Waals surface area contributed by atoms with Gasteiger partial charge in [-0.05, 0) is 6.42 Å². The molecule has 0 nitrogen and oxygen atoms in total. The first-order chi connectivity index (χ1) is 11.3. The number of rotatable bonds is 13. The number of unbranched alkanes of at least 4 members (excludes halogenated alkanes) is 11. The maximum absolute atomic E-state index is 13.7. The van der Waals surface area contributed by atoms with Gasteiger partial charge in [-0.2, -0.15) is 0 Å². The fraction of sp³-hybridized carbons (Fsp3) is 0.900. The zero-order chi connectivity index (χ0) is 18.5. The minimum atomic E-state index is -3.41. The molecule has 0 spiro atoms. The molecule has 0 saturated carbocycles. The predicted octanol–water partition coefficient (Wildman–Crippen LogP) is 7.37. The van der Waals surface area contributed by atoms with E-state index in [9.17, 15) is 8.78 Å². The summed E-state index contributed by atoms with van der Waals surface area (Å²) in [5, 5.41) is 0. The second kappa shape index (κ2) is 14.0. The van der Waals surface area contributed by atoms with Crippen molar-refractivity contribution in [1.29, 1.82) is 0 Å². The van der Waals surface area contributed by atoms with Gasteiger partial charge in [0.1, 0.15) is 0 Å². The Labute approximate surface area is 140 Å². The molecule has 0 bridgehead atoms. The molecule has 22 heavy (non-hydrogen) atoms. The molecule has 0 amide bonds. The van der Waals surface area contributed by atoms with Crippen LogP contribution < -0.4 is 0 Å². The van der Waals surface area contributed by atoms with Gasteiger partial charge < -0.3 is 0 Å². The van der Waals surface area contributed by atoms with Crippen molar-refractivity contribution < 1.29 is 11.5 Å². The van der Waals surface area contributed by atoms with Crippen LogP contribution in [0.25, 0.3) is 0 Å². The summed E-state index contributed by atoms with van der Waals surface area (Å²) >= 11 is 0. The van der Waals surface area contributed by atoms with Crippen molar-refractivity contribution in [3.8, 4) is 11.8 Å². The van der Waals surface area contributed by atoms with E-state index in [1.165, 1.54) is 65.2 Å². The van der Waals surface area contributed by atoms with Crippen LogP contribution in [-0.2, 0) is 0 Å². The van der Waals surface area contributed by atoms with E-state index >= 15 is 0 Å². The van der Waals surface area contributed by atoms with Crippen LogP contribution in [0.3, 0.4) is 0 Å². The van der Waals surface area contributed by atoms with Gasteiger partial charge in [0.05, 0.1) is 6.37 Å². The number of alkyl halides is 2. The summed E-state index contributed by atoms with van der Waals surface area (Å²) in [7, 11) is 0. The highest BCUT2D eigenvalue weighted by molar-refractivity contribution is 5.02. The fourth-order valence-corrected chi connectivity index (χ4v) is 2.21. The molecule has 0 aliphatic carbocycles. The van der Waals surface area contributed by atoms with Crippen molar-refractivity contribution in [3.05, 3.63) is 0 Å². The summed E-state index contributed by atoms with van der Waals surface area (Å²) in [5.41, 5.74) is 0. The molecule has 0 aromatic carbocycles. The van der Waals surface area contributed by atoms with E-state index in [2.05, 4.69) is 18.8 Å². The summed E-state index contributed by atoms with van der Waals surface area (Å²) in [6.45, 7) is 4.88. The van der Waals surface area contributed by atoms with Crippen molar-refractivity contribution >= 4 is 0 Å². The van der Waals surface area contributed by atoms with Crippen molar-refractivity contribution in [2.75, 3.05) is 0 Å². The van der Waals surface area contributed by atoms with Crippen LogP contribution >= 0.6 is 0 Å². The Morgan fingerprint density at radius 1 is 0.818 bits per heavy atom. The third kappa shape index (κ3) is 13.1. The molecular weight excluding hydrogens is 278 g/mol. The maximum Gasteiger partial charge on any atom is 0.261 e. The van der Waals surface area contributed by atoms with Gasteiger partial charge in [-0.1, -0.05) is 90.9 Å². The average Bonchev–Trinajstić information content (AvgIpc) is 2.51. The minimum Gasteiger partial charge on any atom is -0.206 e. The van der Waals surface area contributed by atoms with Crippen molar-refractivity contribution in [1.82, 2.24) is 0 Å². The zero-order valence-corrected chi connectivity index (χ0v) is 14.8. The van der Waals surface area contributed by atoms with E-state index < -0.39 is 18.2 Å². The molecule has 0 fully saturated rings. The minimum absolute atomic E-state index is 0.505. The van der Waals surface area contributed by atoms with Crippen LogP contribution in [0.1, 0.15) is 107 Å². The lowest BCUT2D eigenvalue weighted by Gasteiger charge is -2.16. The first-order valence-corrected chi connectivity index (χ1v) is 9.13. The quantitative estimate of drug-likeness (QED) is 0.246. The van der Waals surface area contributed by atoms with Crippen molar-refractivity contribution in [2.24, 2.45) is 5.92 Å². The predicted molar refractivity (Wildman–Crippen MR) is 93.3 cm³/mol. The van der Waals surface area contributed by atoms with Gasteiger partial charge in [0, 0.05) is 15.1 Å². The standard InChI is InChI=1S/C20H36F2/c1-4-5-6-7-8-9-10-11-12-13-14-15-16-17-18-20(21,22)19(2)3/h19H,4-15,18H2,1-3H3/i18D2. The van der Waals surface area contributed by atoms with Crippen LogP contribution in [0.5, 0.6) is 0 Å². The maximum atomic E-state index is 13.7. The molecule has 0 N–H and O–H groups in total. The number of halogens is 2. The van der Waals surface area contributed by atoms with E-state index in [1.807, 2.05) is 0 Å². The SMILES string of the molecule is [2H]C([2H])(C#CCCCCCCCCCCCCC)C(F)(F)C(C)C. The average molecular weight is 317 g/mol. The Hall–Kier alpha value is -0.580. The molecule has 0 aliphatic heterocycles. The second-order valence-electron chi connectivity index (χ2n) is 6.49. The summed E-state index contributed by atoms with van der Waals surface area (Å²) in [6, 6.07) is 0. The molecule has 0 atom stereocenters. The lowest BCUT2D eigenvalue weighted by molar-refractivity contribution is -0.0393. The normalized spacial score (nSPS) is 13.5. The molecule has 0 heterocycles. The zero-order valence-electron chi connectivity index (χ0n) is 16.8. The van der Waals surface area contributed by atoms with Gasteiger partial charge in [-0.3, -0.25) is 0 Å². The van der Waals surface area contributed by atoms with Gasteiger partial charge >= 0.3 is 0 Å². The summed E-state index contributed by atoms with van der Waals surface area (Å²) in [6.07, 6.45) is 11.4. The summed E-state index contributed by atoms with van der Waals surface area (Å²) in [5.74, 6) is 0.304. The van der Waals surface area contributed by atoms with E-state index in [0.717, 1.165) is 19.3 Å². The Kier molecular flexibility index (Phi) is 11.3. The molecule has 2 heteroatoms. The van der Waals surface area contributed by atoms with Crippen LogP contribution in [-0.4, -0.2) is 5.92 Å². The fourth-order valence-electron chi connectivity index (χ4n) is 2.21. The Morgan fingerprint density at radius 3 is 1.73 bits per heavy atom. The first kappa shape index (κ1) is 17.8. The van der Waals surface area contributed by atoms with Crippen LogP contribution in [0.2, 0.25) is 0 Å². The van der Waals surface area contributed by atoms with Crippen LogP contribution in [0.4, 0.5) is 8.78 Å². The molecule has 130 valence electrons. The highest BCUT2D eigenvalue weighted by atomic mass is 19.3. The van der Waals surface area contributed by atoms with Crippen molar-refractivity contribution in [2.45, 2.75) is 110 Å². The van der Waals surface area contributed by atoms with E-state index in [1.54, 1.807) is 0 Å². The third-order valence-electron chi connectivity index (χ3n) is 3.95. The monoisotopic (exact) mass is 316 g/mol. The topological polar surface area (TPSA) is 0 Å². The Morgan fingerprint density at radius 2 is 1.27 bits per heavy atom.